The molecule has 1 unspecified atom stereocenters. The van der Waals surface area contributed by atoms with Gasteiger partial charge in [-0.25, -0.2) is 0 Å². The molecule has 5 heteroatoms. The van der Waals surface area contributed by atoms with Gasteiger partial charge in [0.05, 0.1) is 25.0 Å². The lowest BCUT2D eigenvalue weighted by Gasteiger charge is -2.10. The number of methoxy groups -OCH3 is 1. The minimum absolute atomic E-state index is 0.0507. The second-order valence-electron chi connectivity index (χ2n) is 4.38. The van der Waals surface area contributed by atoms with Crippen LogP contribution in [0.1, 0.15) is 18.7 Å². The highest BCUT2D eigenvalue weighted by Crippen LogP contribution is 2.31. The Kier molecular flexibility index (Phi) is 2.87. The number of nitrogens with zero attached hydrogens (tertiary/aromatic N) is 1. The van der Waals surface area contributed by atoms with Gasteiger partial charge in [-0.3, -0.25) is 5.10 Å². The van der Waals surface area contributed by atoms with Gasteiger partial charge in [-0.15, -0.1) is 0 Å². The standard InChI is InChI=1S/C14H15N3O2/c1-9(17-11-7-15-16-8-11)13-6-10-4-3-5-12(18-2)14(10)19-13/h3-9,17H,1-2H3,(H,15,16). The van der Waals surface area contributed by atoms with Crippen molar-refractivity contribution < 1.29 is 9.15 Å². The Morgan fingerprint density at radius 2 is 2.32 bits per heavy atom. The summed E-state index contributed by atoms with van der Waals surface area (Å²) in [5.41, 5.74) is 1.71. The fourth-order valence-corrected chi connectivity index (χ4v) is 2.08. The molecule has 0 saturated heterocycles. The maximum absolute atomic E-state index is 5.88. The van der Waals surface area contributed by atoms with E-state index in [1.165, 1.54) is 0 Å². The van der Waals surface area contributed by atoms with Crippen LogP contribution in [0.5, 0.6) is 5.75 Å². The van der Waals surface area contributed by atoms with E-state index in [-0.39, 0.29) is 6.04 Å². The third-order valence-electron chi connectivity index (χ3n) is 3.06. The summed E-state index contributed by atoms with van der Waals surface area (Å²) in [6.45, 7) is 2.04. The van der Waals surface area contributed by atoms with Crippen molar-refractivity contribution >= 4 is 16.7 Å². The number of ether oxygens (including phenoxy) is 1. The van der Waals surface area contributed by atoms with Crippen molar-refractivity contribution in [2.75, 3.05) is 12.4 Å². The molecule has 3 aromatic rings. The first-order chi connectivity index (χ1) is 9.28. The van der Waals surface area contributed by atoms with E-state index in [1.54, 1.807) is 19.5 Å². The van der Waals surface area contributed by atoms with Crippen LogP contribution in [-0.4, -0.2) is 17.3 Å². The number of rotatable bonds is 4. The molecule has 1 aromatic carbocycles. The molecule has 0 bridgehead atoms. The van der Waals surface area contributed by atoms with E-state index >= 15 is 0 Å². The van der Waals surface area contributed by atoms with E-state index in [1.807, 2.05) is 31.2 Å². The number of anilines is 1. The summed E-state index contributed by atoms with van der Waals surface area (Å²) < 4.78 is 11.2. The largest absolute Gasteiger partial charge is 0.493 e. The molecule has 0 aliphatic rings. The zero-order valence-corrected chi connectivity index (χ0v) is 10.8. The lowest BCUT2D eigenvalue weighted by Crippen LogP contribution is -2.04. The molecule has 1 atom stereocenters. The Balaban J connectivity index is 1.92. The van der Waals surface area contributed by atoms with Crippen LogP contribution in [0, 0.1) is 0 Å². The first-order valence-corrected chi connectivity index (χ1v) is 6.09. The van der Waals surface area contributed by atoms with Gasteiger partial charge in [-0.1, -0.05) is 12.1 Å². The molecule has 3 rings (SSSR count). The Bertz CT molecular complexity index is 673. The van der Waals surface area contributed by atoms with Crippen LogP contribution >= 0.6 is 0 Å². The molecule has 2 N–H and O–H groups in total. The number of fused-ring (bicyclic) bond motifs is 1. The second kappa shape index (κ2) is 4.68. The van der Waals surface area contributed by atoms with Crippen LogP contribution in [0.4, 0.5) is 5.69 Å². The van der Waals surface area contributed by atoms with Gasteiger partial charge in [-0.05, 0) is 19.1 Å². The number of H-pyrrole nitrogens is 1. The van der Waals surface area contributed by atoms with Crippen LogP contribution in [-0.2, 0) is 0 Å². The molecule has 19 heavy (non-hydrogen) atoms. The van der Waals surface area contributed by atoms with Crippen molar-refractivity contribution in [1.29, 1.82) is 0 Å². The number of nitrogens with one attached hydrogen (secondary N) is 2. The smallest absolute Gasteiger partial charge is 0.176 e. The Morgan fingerprint density at radius 1 is 1.42 bits per heavy atom. The average Bonchev–Trinajstić information content (AvgIpc) is 3.06. The first kappa shape index (κ1) is 11.6. The van der Waals surface area contributed by atoms with E-state index in [2.05, 4.69) is 15.5 Å². The molecular weight excluding hydrogens is 242 g/mol. The molecular formula is C14H15N3O2. The average molecular weight is 257 g/mol. The lowest BCUT2D eigenvalue weighted by molar-refractivity contribution is 0.406. The zero-order chi connectivity index (χ0) is 13.2. The van der Waals surface area contributed by atoms with Crippen molar-refractivity contribution in [1.82, 2.24) is 10.2 Å². The third kappa shape index (κ3) is 2.14. The highest BCUT2D eigenvalue weighted by atomic mass is 16.5. The van der Waals surface area contributed by atoms with E-state index in [4.69, 9.17) is 9.15 Å². The van der Waals surface area contributed by atoms with Crippen molar-refractivity contribution in [3.05, 3.63) is 42.4 Å². The van der Waals surface area contributed by atoms with Crippen molar-refractivity contribution in [3.8, 4) is 5.75 Å². The van der Waals surface area contributed by atoms with Crippen molar-refractivity contribution in [2.24, 2.45) is 0 Å². The molecule has 2 aromatic heterocycles. The third-order valence-corrected chi connectivity index (χ3v) is 3.06. The SMILES string of the molecule is COc1cccc2cc(C(C)Nc3cn[nH]c3)oc12. The predicted molar refractivity (Wildman–Crippen MR) is 73.4 cm³/mol. The molecule has 98 valence electrons. The molecule has 5 nitrogen and oxygen atoms in total. The number of hydrogen-bond donors (Lipinski definition) is 2. The number of aromatic amines is 1. The topological polar surface area (TPSA) is 63.1 Å². The van der Waals surface area contributed by atoms with Gasteiger partial charge < -0.3 is 14.5 Å². The molecule has 2 heterocycles. The van der Waals surface area contributed by atoms with E-state index < -0.39 is 0 Å². The maximum atomic E-state index is 5.88. The van der Waals surface area contributed by atoms with E-state index in [0.717, 1.165) is 28.2 Å². The highest BCUT2D eigenvalue weighted by Gasteiger charge is 2.14. The fourth-order valence-electron chi connectivity index (χ4n) is 2.08. The number of hydrogen-bond acceptors (Lipinski definition) is 4. The van der Waals surface area contributed by atoms with E-state index in [9.17, 15) is 0 Å². The van der Waals surface area contributed by atoms with Crippen molar-refractivity contribution in [3.63, 3.8) is 0 Å². The lowest BCUT2D eigenvalue weighted by atomic mass is 10.2. The minimum Gasteiger partial charge on any atom is -0.493 e. The number of aromatic nitrogens is 2. The van der Waals surface area contributed by atoms with Crippen LogP contribution < -0.4 is 10.1 Å². The summed E-state index contributed by atoms with van der Waals surface area (Å²) in [6.07, 6.45) is 3.54. The molecule has 0 amide bonds. The summed E-state index contributed by atoms with van der Waals surface area (Å²) in [5, 5.41) is 11.0. The molecule has 0 spiro atoms. The van der Waals surface area contributed by atoms with E-state index in [0.29, 0.717) is 0 Å². The molecule has 0 fully saturated rings. The summed E-state index contributed by atoms with van der Waals surface area (Å²) >= 11 is 0. The van der Waals surface area contributed by atoms with Gasteiger partial charge in [0.2, 0.25) is 0 Å². The normalized spacial score (nSPS) is 12.5. The van der Waals surface area contributed by atoms with Gasteiger partial charge >= 0.3 is 0 Å². The Hall–Kier alpha value is -2.43. The quantitative estimate of drug-likeness (QED) is 0.752. The zero-order valence-electron chi connectivity index (χ0n) is 10.8. The minimum atomic E-state index is 0.0507. The Morgan fingerprint density at radius 3 is 3.05 bits per heavy atom. The summed E-state index contributed by atoms with van der Waals surface area (Å²) in [5.74, 6) is 1.61. The summed E-state index contributed by atoms with van der Waals surface area (Å²) in [7, 11) is 1.64. The number of benzene rings is 1. The second-order valence-corrected chi connectivity index (χ2v) is 4.38. The summed E-state index contributed by atoms with van der Waals surface area (Å²) in [6, 6.07) is 7.93. The monoisotopic (exact) mass is 257 g/mol. The Labute approximate surface area is 110 Å². The number of furan rings is 1. The van der Waals surface area contributed by atoms with Crippen molar-refractivity contribution in [2.45, 2.75) is 13.0 Å². The van der Waals surface area contributed by atoms with Gasteiger partial charge in [0.15, 0.2) is 11.3 Å². The van der Waals surface area contributed by atoms with Crippen LogP contribution in [0.3, 0.4) is 0 Å². The first-order valence-electron chi connectivity index (χ1n) is 6.09. The highest BCUT2D eigenvalue weighted by molar-refractivity contribution is 5.83. The fraction of sp³-hybridized carbons (Fsp3) is 0.214. The molecule has 0 aliphatic heterocycles. The number of para-hydroxylation sites is 1. The predicted octanol–water partition coefficient (Wildman–Crippen LogP) is 3.34. The van der Waals surface area contributed by atoms with Gasteiger partial charge in [0.25, 0.3) is 0 Å². The maximum Gasteiger partial charge on any atom is 0.176 e. The van der Waals surface area contributed by atoms with Crippen LogP contribution in [0.25, 0.3) is 11.0 Å². The molecule has 0 aliphatic carbocycles. The van der Waals surface area contributed by atoms with Gasteiger partial charge in [0.1, 0.15) is 5.76 Å². The molecule has 0 radical (unpaired) electrons. The van der Waals surface area contributed by atoms with Crippen LogP contribution in [0.2, 0.25) is 0 Å². The van der Waals surface area contributed by atoms with Gasteiger partial charge in [-0.2, -0.15) is 5.10 Å². The van der Waals surface area contributed by atoms with Crippen LogP contribution in [0.15, 0.2) is 41.1 Å². The van der Waals surface area contributed by atoms with Gasteiger partial charge in [0, 0.05) is 11.6 Å². The molecule has 0 saturated carbocycles. The summed E-state index contributed by atoms with van der Waals surface area (Å²) in [4.78, 5) is 0.